The summed E-state index contributed by atoms with van der Waals surface area (Å²) in [6.07, 6.45) is -4.66. The number of nitrogens with two attached hydrogens (primary N) is 1. The van der Waals surface area contributed by atoms with Gasteiger partial charge in [0.2, 0.25) is 5.75 Å². The molecule has 0 atom stereocenters. The molecule has 4 aromatic rings. The van der Waals surface area contributed by atoms with E-state index in [0.29, 0.717) is 6.07 Å². The summed E-state index contributed by atoms with van der Waals surface area (Å²) in [5.41, 5.74) is 5.12. The molecule has 40 heavy (non-hydrogen) atoms. The molecule has 0 fully saturated rings. The Kier molecular flexibility index (Phi) is 8.14. The van der Waals surface area contributed by atoms with Crippen LogP contribution in [-0.4, -0.2) is 36.9 Å². The van der Waals surface area contributed by atoms with Crippen molar-refractivity contribution in [3.8, 4) is 28.7 Å². The molecule has 3 N–H and O–H groups in total. The zero-order valence-electron chi connectivity index (χ0n) is 20.3. The van der Waals surface area contributed by atoms with Crippen LogP contribution in [0.15, 0.2) is 60.8 Å². The molecule has 0 aliphatic rings. The summed E-state index contributed by atoms with van der Waals surface area (Å²) >= 11 is 6.25. The molecular formula is C26H18ClF4N3O6. The van der Waals surface area contributed by atoms with Gasteiger partial charge in [0.1, 0.15) is 22.3 Å². The molecule has 4 rings (SSSR count). The molecule has 208 valence electrons. The fraction of sp³-hybridized carbons (Fsp3) is 0.115. The number of rotatable bonds is 8. The van der Waals surface area contributed by atoms with Gasteiger partial charge in [-0.25, -0.2) is 9.18 Å². The Hall–Kier alpha value is -4.78. The number of aromatic nitrogens is 1. The van der Waals surface area contributed by atoms with Gasteiger partial charge in [-0.15, -0.1) is 0 Å². The van der Waals surface area contributed by atoms with Gasteiger partial charge < -0.3 is 24.7 Å². The summed E-state index contributed by atoms with van der Waals surface area (Å²) in [5.74, 6) is -3.68. The third-order valence-corrected chi connectivity index (χ3v) is 5.58. The maximum absolute atomic E-state index is 15.4. The highest BCUT2D eigenvalue weighted by molar-refractivity contribution is 6.35. The second-order valence-corrected chi connectivity index (χ2v) is 8.33. The molecule has 2 amide bonds. The molecule has 0 unspecified atom stereocenters. The fourth-order valence-electron chi connectivity index (χ4n) is 3.49. The average molecular weight is 580 g/mol. The van der Waals surface area contributed by atoms with Crippen LogP contribution in [0, 0.1) is 5.82 Å². The van der Waals surface area contributed by atoms with Crippen LogP contribution in [0.2, 0.25) is 5.02 Å². The van der Waals surface area contributed by atoms with E-state index >= 15 is 4.39 Å². The summed E-state index contributed by atoms with van der Waals surface area (Å²) in [4.78, 5) is 28.3. The molecule has 3 aromatic carbocycles. The number of carbonyl (C=O) groups excluding carboxylic acids is 2. The largest absolute Gasteiger partial charge is 0.496 e. The fourth-order valence-corrected chi connectivity index (χ4v) is 3.74. The van der Waals surface area contributed by atoms with Gasteiger partial charge in [-0.3, -0.25) is 15.1 Å². The smallest absolute Gasteiger partial charge is 0.422 e. The number of para-hydroxylation sites is 1. The van der Waals surface area contributed by atoms with Crippen molar-refractivity contribution in [1.29, 1.82) is 0 Å². The van der Waals surface area contributed by atoms with Crippen LogP contribution in [0.1, 0.15) is 10.4 Å². The predicted octanol–water partition coefficient (Wildman–Crippen LogP) is 6.48. The number of primary amides is 1. The first-order valence-electron chi connectivity index (χ1n) is 11.2. The maximum Gasteiger partial charge on any atom is 0.422 e. The summed E-state index contributed by atoms with van der Waals surface area (Å²) in [7, 11) is 1.31. The number of hydrogen-bond donors (Lipinski definition) is 2. The molecule has 0 saturated heterocycles. The Balaban J connectivity index is 1.76. The predicted molar refractivity (Wildman–Crippen MR) is 136 cm³/mol. The topological polar surface area (TPSA) is 122 Å². The lowest BCUT2D eigenvalue weighted by atomic mass is 10.1. The second-order valence-electron chi connectivity index (χ2n) is 7.95. The Labute approximate surface area is 228 Å². The first-order valence-corrected chi connectivity index (χ1v) is 11.5. The van der Waals surface area contributed by atoms with Gasteiger partial charge in [-0.1, -0.05) is 29.8 Å². The minimum absolute atomic E-state index is 0.0589. The molecule has 0 spiro atoms. The van der Waals surface area contributed by atoms with Crippen LogP contribution in [0.25, 0.3) is 10.9 Å². The van der Waals surface area contributed by atoms with Crippen molar-refractivity contribution >= 4 is 40.2 Å². The number of pyridine rings is 1. The SMILES string of the molecule is COc1cc2nccc(Oc3c(F)cc(NC(=O)Oc4ccccc4)c(Cl)c3OCC(F)(F)F)c2cc1C(N)=O. The number of carbonyl (C=O) groups is 2. The zero-order chi connectivity index (χ0) is 29.0. The van der Waals surface area contributed by atoms with Gasteiger partial charge >= 0.3 is 12.3 Å². The summed E-state index contributed by atoms with van der Waals surface area (Å²) < 4.78 is 75.1. The van der Waals surface area contributed by atoms with Crippen LogP contribution in [0.5, 0.6) is 28.7 Å². The third-order valence-electron chi connectivity index (χ3n) is 5.20. The molecule has 0 bridgehead atoms. The minimum Gasteiger partial charge on any atom is -0.496 e. The first-order chi connectivity index (χ1) is 19.0. The molecule has 0 aliphatic carbocycles. The number of methoxy groups -OCH3 is 1. The first kappa shape index (κ1) is 28.2. The van der Waals surface area contributed by atoms with E-state index in [1.807, 2.05) is 0 Å². The van der Waals surface area contributed by atoms with E-state index in [2.05, 4.69) is 10.3 Å². The van der Waals surface area contributed by atoms with Gasteiger partial charge in [-0.05, 0) is 24.3 Å². The number of amides is 2. The number of benzene rings is 3. The molecule has 9 nitrogen and oxygen atoms in total. The van der Waals surface area contributed by atoms with E-state index in [-0.39, 0.29) is 33.7 Å². The van der Waals surface area contributed by atoms with E-state index < -0.39 is 52.8 Å². The molecule has 1 heterocycles. The number of halogens is 5. The van der Waals surface area contributed by atoms with Crippen LogP contribution >= 0.6 is 11.6 Å². The Morgan fingerprint density at radius 3 is 2.42 bits per heavy atom. The Morgan fingerprint density at radius 2 is 1.77 bits per heavy atom. The van der Waals surface area contributed by atoms with Crippen molar-refractivity contribution in [3.63, 3.8) is 0 Å². The third kappa shape index (κ3) is 6.43. The van der Waals surface area contributed by atoms with Crippen molar-refractivity contribution in [2.75, 3.05) is 19.0 Å². The summed E-state index contributed by atoms with van der Waals surface area (Å²) in [6.45, 7) is -1.86. The van der Waals surface area contributed by atoms with E-state index in [1.165, 1.54) is 43.6 Å². The number of alkyl halides is 3. The number of fused-ring (bicyclic) bond motifs is 1. The van der Waals surface area contributed by atoms with Crippen LogP contribution in [-0.2, 0) is 0 Å². The minimum atomic E-state index is -4.83. The lowest BCUT2D eigenvalue weighted by Crippen LogP contribution is -2.21. The van der Waals surface area contributed by atoms with Gasteiger partial charge in [0.05, 0.1) is 23.9 Å². The quantitative estimate of drug-likeness (QED) is 0.229. The maximum atomic E-state index is 15.4. The Bertz CT molecular complexity index is 1580. The average Bonchev–Trinajstić information content (AvgIpc) is 2.90. The number of nitrogens with zero attached hydrogens (tertiary/aromatic N) is 1. The van der Waals surface area contributed by atoms with E-state index in [1.54, 1.807) is 18.2 Å². The lowest BCUT2D eigenvalue weighted by Gasteiger charge is -2.19. The van der Waals surface area contributed by atoms with Gasteiger partial charge in [0, 0.05) is 23.7 Å². The van der Waals surface area contributed by atoms with Crippen LogP contribution in [0.3, 0.4) is 0 Å². The van der Waals surface area contributed by atoms with Crippen molar-refractivity contribution in [1.82, 2.24) is 4.98 Å². The summed E-state index contributed by atoms with van der Waals surface area (Å²) in [6, 6.07) is 12.4. The van der Waals surface area contributed by atoms with Gasteiger partial charge in [0.25, 0.3) is 5.91 Å². The number of nitrogens with one attached hydrogen (secondary N) is 1. The van der Waals surface area contributed by atoms with E-state index in [9.17, 15) is 22.8 Å². The zero-order valence-corrected chi connectivity index (χ0v) is 21.1. The summed E-state index contributed by atoms with van der Waals surface area (Å²) in [5, 5.41) is 1.70. The number of hydrogen-bond acceptors (Lipinski definition) is 7. The van der Waals surface area contributed by atoms with Crippen molar-refractivity contribution in [2.24, 2.45) is 5.73 Å². The van der Waals surface area contributed by atoms with Gasteiger partial charge in [-0.2, -0.15) is 13.2 Å². The second kappa shape index (κ2) is 11.5. The number of anilines is 1. The van der Waals surface area contributed by atoms with Crippen molar-refractivity contribution in [3.05, 3.63) is 77.2 Å². The van der Waals surface area contributed by atoms with Gasteiger partial charge in [0.15, 0.2) is 18.2 Å². The monoisotopic (exact) mass is 579 g/mol. The standard InChI is InChI=1S/C26H18ClF4N3O6/c1-37-20-11-17-14(9-15(20)24(32)35)19(7-8-33-17)40-22-16(28)10-18(21(27)23(22)38-12-26(29,30)31)34-25(36)39-13-5-3-2-4-6-13/h2-11H,12H2,1H3,(H2,32,35)(H,34,36). The molecule has 1 aromatic heterocycles. The molecule has 0 radical (unpaired) electrons. The lowest BCUT2D eigenvalue weighted by molar-refractivity contribution is -0.153. The van der Waals surface area contributed by atoms with Crippen molar-refractivity contribution in [2.45, 2.75) is 6.18 Å². The Morgan fingerprint density at radius 1 is 1.05 bits per heavy atom. The normalized spacial score (nSPS) is 11.2. The highest BCUT2D eigenvalue weighted by Gasteiger charge is 2.31. The molecule has 14 heteroatoms. The number of ether oxygens (including phenoxy) is 4. The van der Waals surface area contributed by atoms with Crippen LogP contribution < -0.4 is 30.0 Å². The van der Waals surface area contributed by atoms with E-state index in [0.717, 1.165) is 0 Å². The molecule has 0 saturated carbocycles. The molecule has 0 aliphatic heterocycles. The van der Waals surface area contributed by atoms with Crippen LogP contribution in [0.4, 0.5) is 28.0 Å². The highest BCUT2D eigenvalue weighted by atomic mass is 35.5. The van der Waals surface area contributed by atoms with E-state index in [4.69, 9.17) is 36.3 Å². The van der Waals surface area contributed by atoms with Crippen molar-refractivity contribution < 1.29 is 46.1 Å². The molecular weight excluding hydrogens is 562 g/mol. The highest BCUT2D eigenvalue weighted by Crippen LogP contribution is 2.46.